The largest absolute Gasteiger partial charge is 0.342 e. The molecule has 0 bridgehead atoms. The summed E-state index contributed by atoms with van der Waals surface area (Å²) in [6, 6.07) is 17.3. The number of nitrogens with zero attached hydrogens (tertiary/aromatic N) is 1. The van der Waals surface area contributed by atoms with Crippen LogP contribution in [0.1, 0.15) is 24.0 Å². The maximum Gasteiger partial charge on any atom is 0.239 e. The Kier molecular flexibility index (Phi) is 7.26. The fourth-order valence-corrected chi connectivity index (χ4v) is 4.83. The molecular weight excluding hydrogens is 400 g/mol. The molecule has 30 heavy (non-hydrogen) atoms. The fourth-order valence-electron chi connectivity index (χ4n) is 3.70. The van der Waals surface area contributed by atoms with Crippen LogP contribution in [0.15, 0.2) is 54.6 Å². The van der Waals surface area contributed by atoms with Crippen LogP contribution in [0.3, 0.4) is 0 Å². The lowest BCUT2D eigenvalue weighted by molar-refractivity contribution is -0.129. The number of piperidine rings is 1. The highest BCUT2D eigenvalue weighted by atomic mass is 32.2. The van der Waals surface area contributed by atoms with Crippen LogP contribution in [-0.4, -0.2) is 49.7 Å². The lowest BCUT2D eigenvalue weighted by atomic mass is 9.90. The Morgan fingerprint density at radius 3 is 2.23 bits per heavy atom. The third-order valence-electron chi connectivity index (χ3n) is 5.36. The topological polar surface area (TPSA) is 83.5 Å². The molecule has 0 aliphatic carbocycles. The van der Waals surface area contributed by atoms with Gasteiger partial charge < -0.3 is 10.2 Å². The zero-order valence-corrected chi connectivity index (χ0v) is 18.0. The summed E-state index contributed by atoms with van der Waals surface area (Å²) in [6.07, 6.45) is 2.68. The van der Waals surface area contributed by atoms with Crippen LogP contribution in [0, 0.1) is 12.8 Å². The highest BCUT2D eigenvalue weighted by Gasteiger charge is 2.27. The summed E-state index contributed by atoms with van der Waals surface area (Å²) in [5, 5.41) is 2.56. The number of benzene rings is 2. The molecule has 2 aromatic carbocycles. The van der Waals surface area contributed by atoms with Crippen LogP contribution < -0.4 is 5.32 Å². The highest BCUT2D eigenvalue weighted by molar-refractivity contribution is 7.92. The Balaban J connectivity index is 1.45. The van der Waals surface area contributed by atoms with E-state index in [9.17, 15) is 18.0 Å². The molecule has 7 heteroatoms. The maximum absolute atomic E-state index is 12.5. The van der Waals surface area contributed by atoms with Crippen molar-refractivity contribution in [1.82, 2.24) is 4.90 Å². The monoisotopic (exact) mass is 428 g/mol. The standard InChI is InChI=1S/C23H28N2O4S/c1-18-7-9-21(10-8-18)24-22(26)16-30(28,29)17-23(27)25-13-11-20(12-14-25)15-19-5-3-2-4-6-19/h2-10,20H,11-17H2,1H3,(H,24,26). The van der Waals surface area contributed by atoms with Gasteiger partial charge in [0, 0.05) is 18.8 Å². The Labute approximate surface area is 178 Å². The number of nitrogens with one attached hydrogen (secondary N) is 1. The second-order valence-electron chi connectivity index (χ2n) is 7.96. The first-order valence-corrected chi connectivity index (χ1v) is 12.0. The summed E-state index contributed by atoms with van der Waals surface area (Å²) in [6.45, 7) is 3.04. The summed E-state index contributed by atoms with van der Waals surface area (Å²) < 4.78 is 24.7. The Morgan fingerprint density at radius 1 is 0.967 bits per heavy atom. The van der Waals surface area contributed by atoms with E-state index in [0.29, 0.717) is 24.7 Å². The maximum atomic E-state index is 12.5. The molecule has 1 heterocycles. The lowest BCUT2D eigenvalue weighted by Gasteiger charge is -2.32. The number of anilines is 1. The number of hydrogen-bond donors (Lipinski definition) is 1. The van der Waals surface area contributed by atoms with Gasteiger partial charge in [0.25, 0.3) is 0 Å². The van der Waals surface area contributed by atoms with E-state index < -0.39 is 33.2 Å². The minimum atomic E-state index is -3.82. The van der Waals surface area contributed by atoms with Gasteiger partial charge in [-0.1, -0.05) is 48.0 Å². The molecule has 2 amide bonds. The van der Waals surface area contributed by atoms with E-state index >= 15 is 0 Å². The van der Waals surface area contributed by atoms with E-state index in [1.54, 1.807) is 17.0 Å². The first kappa shape index (κ1) is 22.0. The van der Waals surface area contributed by atoms with Crippen LogP contribution in [0.25, 0.3) is 0 Å². The second kappa shape index (κ2) is 9.89. The van der Waals surface area contributed by atoms with Gasteiger partial charge in [-0.2, -0.15) is 0 Å². The van der Waals surface area contributed by atoms with Gasteiger partial charge in [0.05, 0.1) is 0 Å². The molecule has 0 unspecified atom stereocenters. The Hall–Kier alpha value is -2.67. The van der Waals surface area contributed by atoms with E-state index in [1.807, 2.05) is 37.3 Å². The van der Waals surface area contributed by atoms with E-state index in [0.717, 1.165) is 24.8 Å². The Morgan fingerprint density at radius 2 is 1.60 bits per heavy atom. The molecule has 0 atom stereocenters. The predicted molar refractivity (Wildman–Crippen MR) is 118 cm³/mol. The number of aryl methyl sites for hydroxylation is 1. The number of sulfone groups is 1. The van der Waals surface area contributed by atoms with E-state index in [-0.39, 0.29) is 0 Å². The van der Waals surface area contributed by atoms with Crippen molar-refractivity contribution in [1.29, 1.82) is 0 Å². The molecule has 0 radical (unpaired) electrons. The van der Waals surface area contributed by atoms with Crippen molar-refractivity contribution in [2.45, 2.75) is 26.2 Å². The van der Waals surface area contributed by atoms with Crippen molar-refractivity contribution in [2.75, 3.05) is 29.9 Å². The van der Waals surface area contributed by atoms with Gasteiger partial charge in [-0.3, -0.25) is 9.59 Å². The third kappa shape index (κ3) is 6.69. The summed E-state index contributed by atoms with van der Waals surface area (Å²) in [5.74, 6) is -1.88. The van der Waals surface area contributed by atoms with Crippen molar-refractivity contribution in [3.8, 4) is 0 Å². The minimum absolute atomic E-state index is 0.420. The van der Waals surface area contributed by atoms with Crippen LogP contribution >= 0.6 is 0 Å². The van der Waals surface area contributed by atoms with Gasteiger partial charge in [-0.05, 0) is 49.8 Å². The Bertz CT molecular complexity index is 964. The molecule has 3 rings (SSSR count). The van der Waals surface area contributed by atoms with Gasteiger partial charge in [-0.15, -0.1) is 0 Å². The normalized spacial score (nSPS) is 15.0. The quantitative estimate of drug-likeness (QED) is 0.735. The highest BCUT2D eigenvalue weighted by Crippen LogP contribution is 2.22. The van der Waals surface area contributed by atoms with Gasteiger partial charge >= 0.3 is 0 Å². The number of rotatable bonds is 7. The fraction of sp³-hybridized carbons (Fsp3) is 0.391. The van der Waals surface area contributed by atoms with Crippen LogP contribution in [0.2, 0.25) is 0 Å². The minimum Gasteiger partial charge on any atom is -0.342 e. The lowest BCUT2D eigenvalue weighted by Crippen LogP contribution is -2.42. The van der Waals surface area contributed by atoms with Gasteiger partial charge in [-0.25, -0.2) is 8.42 Å². The van der Waals surface area contributed by atoms with Crippen molar-refractivity contribution >= 4 is 27.3 Å². The van der Waals surface area contributed by atoms with Gasteiger partial charge in [0.1, 0.15) is 11.5 Å². The van der Waals surface area contributed by atoms with Gasteiger partial charge in [0.2, 0.25) is 11.8 Å². The third-order valence-corrected chi connectivity index (χ3v) is 6.75. The zero-order chi connectivity index (χ0) is 21.6. The van der Waals surface area contributed by atoms with Crippen molar-refractivity contribution in [2.24, 2.45) is 5.92 Å². The summed E-state index contributed by atoms with van der Waals surface area (Å²) in [4.78, 5) is 26.2. The molecule has 1 aliphatic heterocycles. The van der Waals surface area contributed by atoms with Crippen molar-refractivity contribution < 1.29 is 18.0 Å². The number of carbonyl (C=O) groups is 2. The van der Waals surface area contributed by atoms with Gasteiger partial charge in [0.15, 0.2) is 9.84 Å². The predicted octanol–water partition coefficient (Wildman–Crippen LogP) is 2.83. The van der Waals surface area contributed by atoms with Crippen LogP contribution in [0.5, 0.6) is 0 Å². The van der Waals surface area contributed by atoms with Crippen LogP contribution in [0.4, 0.5) is 5.69 Å². The second-order valence-corrected chi connectivity index (χ2v) is 10.0. The molecule has 1 aliphatic rings. The van der Waals surface area contributed by atoms with E-state index in [1.165, 1.54) is 5.56 Å². The van der Waals surface area contributed by atoms with Crippen molar-refractivity contribution in [3.63, 3.8) is 0 Å². The average Bonchev–Trinajstić information content (AvgIpc) is 2.70. The first-order valence-electron chi connectivity index (χ1n) is 10.2. The molecule has 160 valence electrons. The van der Waals surface area contributed by atoms with Crippen LogP contribution in [-0.2, 0) is 25.8 Å². The molecule has 0 spiro atoms. The number of hydrogen-bond acceptors (Lipinski definition) is 4. The summed E-state index contributed by atoms with van der Waals surface area (Å²) in [5.41, 5.74) is 2.86. The summed E-state index contributed by atoms with van der Waals surface area (Å²) in [7, 11) is -3.82. The molecule has 0 saturated carbocycles. The SMILES string of the molecule is Cc1ccc(NC(=O)CS(=O)(=O)CC(=O)N2CCC(Cc3ccccc3)CC2)cc1. The molecule has 1 N–H and O–H groups in total. The van der Waals surface area contributed by atoms with E-state index in [4.69, 9.17) is 0 Å². The molecular formula is C23H28N2O4S. The molecule has 0 aromatic heterocycles. The smallest absolute Gasteiger partial charge is 0.239 e. The molecule has 1 fully saturated rings. The van der Waals surface area contributed by atoms with E-state index in [2.05, 4.69) is 17.4 Å². The van der Waals surface area contributed by atoms with Crippen molar-refractivity contribution in [3.05, 3.63) is 65.7 Å². The number of amides is 2. The first-order chi connectivity index (χ1) is 14.3. The number of likely N-dealkylation sites (tertiary alicyclic amines) is 1. The molecule has 6 nitrogen and oxygen atoms in total. The average molecular weight is 429 g/mol. The molecule has 2 aromatic rings. The summed E-state index contributed by atoms with van der Waals surface area (Å²) >= 11 is 0. The zero-order valence-electron chi connectivity index (χ0n) is 17.2. The molecule has 1 saturated heterocycles. The number of carbonyl (C=O) groups excluding carboxylic acids is 2.